The molecule has 0 unspecified atom stereocenters. The van der Waals surface area contributed by atoms with Gasteiger partial charge in [-0.05, 0) is 58.4 Å². The van der Waals surface area contributed by atoms with Crippen molar-refractivity contribution in [2.24, 2.45) is 0 Å². The first-order chi connectivity index (χ1) is 13.1. The van der Waals surface area contributed by atoms with E-state index in [1.54, 1.807) is 13.8 Å². The van der Waals surface area contributed by atoms with E-state index in [1.807, 2.05) is 20.1 Å². The average molecular weight is 404 g/mol. The molecular formula is C20H25N3O4S. The Hall–Kier alpha value is -2.48. The molecule has 0 spiro atoms. The maximum absolute atomic E-state index is 12.4. The Balaban J connectivity index is 1.96. The number of aromatic amines is 1. The number of ether oxygens (including phenoxy) is 1. The number of esters is 1. The second-order valence-electron chi connectivity index (χ2n) is 6.62. The van der Waals surface area contributed by atoms with Crippen LogP contribution in [0, 0.1) is 27.7 Å². The van der Waals surface area contributed by atoms with Crippen molar-refractivity contribution < 1.29 is 19.1 Å². The predicted octanol–water partition coefficient (Wildman–Crippen LogP) is 3.32. The Morgan fingerprint density at radius 3 is 2.18 bits per heavy atom. The molecule has 0 aliphatic rings. The van der Waals surface area contributed by atoms with Gasteiger partial charge in [-0.3, -0.25) is 14.4 Å². The van der Waals surface area contributed by atoms with Gasteiger partial charge in [0.05, 0.1) is 5.69 Å². The largest absolute Gasteiger partial charge is 0.457 e. The lowest BCUT2D eigenvalue weighted by Gasteiger charge is -2.10. The first-order valence-corrected chi connectivity index (χ1v) is 10.1. The van der Waals surface area contributed by atoms with Gasteiger partial charge in [-0.2, -0.15) is 0 Å². The van der Waals surface area contributed by atoms with Crippen molar-refractivity contribution in [2.45, 2.75) is 52.6 Å². The smallest absolute Gasteiger partial charge is 0.306 e. The zero-order valence-electron chi connectivity index (χ0n) is 17.1. The third-order valence-electron chi connectivity index (χ3n) is 4.59. The van der Waals surface area contributed by atoms with Crippen LogP contribution in [0.4, 0.5) is 0 Å². The fourth-order valence-corrected chi connectivity index (χ4v) is 3.69. The van der Waals surface area contributed by atoms with E-state index in [-0.39, 0.29) is 24.6 Å². The van der Waals surface area contributed by atoms with Crippen LogP contribution in [-0.2, 0) is 16.0 Å². The summed E-state index contributed by atoms with van der Waals surface area (Å²) in [6.45, 7) is 8.32. The van der Waals surface area contributed by atoms with Crippen molar-refractivity contribution >= 4 is 29.3 Å². The SMILES string of the molecule is CSc1nc(C)c(CCC(=O)OCC(=O)c2[nH]c(C)c(C(C)=O)c2C)c(C)n1. The molecule has 0 atom stereocenters. The number of ketones is 2. The molecule has 7 nitrogen and oxygen atoms in total. The van der Waals surface area contributed by atoms with Gasteiger partial charge in [0.15, 0.2) is 17.5 Å². The number of thioether (sulfide) groups is 1. The highest BCUT2D eigenvalue weighted by molar-refractivity contribution is 7.98. The van der Waals surface area contributed by atoms with Gasteiger partial charge in [0.25, 0.3) is 0 Å². The van der Waals surface area contributed by atoms with Crippen molar-refractivity contribution in [3.63, 3.8) is 0 Å². The van der Waals surface area contributed by atoms with Gasteiger partial charge in [-0.15, -0.1) is 0 Å². The molecule has 0 radical (unpaired) electrons. The topological polar surface area (TPSA) is 102 Å². The first-order valence-electron chi connectivity index (χ1n) is 8.92. The number of Topliss-reactive ketones (excluding diaryl/α,β-unsaturated/α-hetero) is 2. The summed E-state index contributed by atoms with van der Waals surface area (Å²) < 4.78 is 5.13. The molecule has 0 aliphatic carbocycles. The number of rotatable bonds is 8. The normalized spacial score (nSPS) is 10.8. The zero-order chi connectivity index (χ0) is 21.0. The molecule has 2 rings (SSSR count). The fourth-order valence-electron chi connectivity index (χ4n) is 3.24. The zero-order valence-corrected chi connectivity index (χ0v) is 17.9. The first kappa shape index (κ1) is 21.8. The Morgan fingerprint density at radius 2 is 1.68 bits per heavy atom. The minimum atomic E-state index is -0.464. The lowest BCUT2D eigenvalue weighted by Crippen LogP contribution is -2.16. The van der Waals surface area contributed by atoms with E-state index >= 15 is 0 Å². The second-order valence-corrected chi connectivity index (χ2v) is 7.40. The third kappa shape index (κ3) is 4.86. The fraction of sp³-hybridized carbons (Fsp3) is 0.450. The summed E-state index contributed by atoms with van der Waals surface area (Å²) >= 11 is 1.47. The van der Waals surface area contributed by atoms with Crippen molar-refractivity contribution in [1.82, 2.24) is 15.0 Å². The van der Waals surface area contributed by atoms with Crippen LogP contribution in [0.1, 0.15) is 62.4 Å². The number of nitrogens with zero attached hydrogens (tertiary/aromatic N) is 2. The van der Waals surface area contributed by atoms with Gasteiger partial charge in [0.1, 0.15) is 0 Å². The van der Waals surface area contributed by atoms with Crippen molar-refractivity contribution in [1.29, 1.82) is 0 Å². The lowest BCUT2D eigenvalue weighted by molar-refractivity contribution is -0.142. The monoisotopic (exact) mass is 403 g/mol. The summed E-state index contributed by atoms with van der Waals surface area (Å²) in [5, 5.41) is 0.702. The number of hydrogen-bond donors (Lipinski definition) is 1. The van der Waals surface area contributed by atoms with Crippen LogP contribution in [0.3, 0.4) is 0 Å². The van der Waals surface area contributed by atoms with Gasteiger partial charge in [0.2, 0.25) is 5.78 Å². The van der Waals surface area contributed by atoms with Crippen molar-refractivity contribution in [3.05, 3.63) is 39.5 Å². The van der Waals surface area contributed by atoms with Gasteiger partial charge in [-0.1, -0.05) is 11.8 Å². The Labute approximate surface area is 168 Å². The van der Waals surface area contributed by atoms with E-state index in [0.717, 1.165) is 17.0 Å². The van der Waals surface area contributed by atoms with Crippen molar-refractivity contribution in [2.75, 3.05) is 12.9 Å². The van der Waals surface area contributed by atoms with Crippen LogP contribution in [0.2, 0.25) is 0 Å². The summed E-state index contributed by atoms with van der Waals surface area (Å²) in [5.74, 6) is -0.932. The molecule has 0 saturated heterocycles. The van der Waals surface area contributed by atoms with E-state index in [1.165, 1.54) is 18.7 Å². The van der Waals surface area contributed by atoms with Gasteiger partial charge < -0.3 is 9.72 Å². The highest BCUT2D eigenvalue weighted by Crippen LogP contribution is 2.20. The van der Waals surface area contributed by atoms with E-state index in [4.69, 9.17) is 4.74 Å². The molecule has 0 aromatic carbocycles. The molecule has 2 aromatic rings. The van der Waals surface area contributed by atoms with Crippen LogP contribution in [-0.4, -0.2) is 45.4 Å². The summed E-state index contributed by atoms with van der Waals surface area (Å²) in [7, 11) is 0. The predicted molar refractivity (Wildman–Crippen MR) is 107 cm³/mol. The van der Waals surface area contributed by atoms with Crippen LogP contribution in [0.15, 0.2) is 5.16 Å². The Morgan fingerprint density at radius 1 is 1.07 bits per heavy atom. The quantitative estimate of drug-likeness (QED) is 0.312. The van der Waals surface area contributed by atoms with Gasteiger partial charge in [0, 0.05) is 29.1 Å². The molecule has 0 saturated carbocycles. The Bertz CT molecular complexity index is 911. The molecular weight excluding hydrogens is 378 g/mol. The maximum Gasteiger partial charge on any atom is 0.306 e. The summed E-state index contributed by atoms with van der Waals surface area (Å²) in [6.07, 6.45) is 2.50. The van der Waals surface area contributed by atoms with E-state index < -0.39 is 5.97 Å². The molecule has 0 fully saturated rings. The third-order valence-corrected chi connectivity index (χ3v) is 5.14. The van der Waals surface area contributed by atoms with Gasteiger partial charge in [-0.25, -0.2) is 9.97 Å². The van der Waals surface area contributed by atoms with E-state index in [2.05, 4.69) is 15.0 Å². The number of carbonyl (C=O) groups excluding carboxylic acids is 3. The number of aryl methyl sites for hydroxylation is 3. The number of hydrogen-bond acceptors (Lipinski definition) is 7. The molecule has 150 valence electrons. The molecule has 2 aromatic heterocycles. The summed E-state index contributed by atoms with van der Waals surface area (Å²) in [4.78, 5) is 47.8. The maximum atomic E-state index is 12.4. The second kappa shape index (κ2) is 9.14. The molecule has 0 aliphatic heterocycles. The standard InChI is InChI=1S/C20H25N3O4S/c1-10-18(14(5)24)13(4)21-19(10)16(25)9-27-17(26)8-7-15-11(2)22-20(28-6)23-12(15)3/h21H,7-9H2,1-6H3. The van der Waals surface area contributed by atoms with Crippen LogP contribution in [0.25, 0.3) is 0 Å². The molecule has 8 heteroatoms. The number of nitrogens with one attached hydrogen (secondary N) is 1. The molecule has 2 heterocycles. The highest BCUT2D eigenvalue weighted by Gasteiger charge is 2.21. The van der Waals surface area contributed by atoms with Gasteiger partial charge >= 0.3 is 5.97 Å². The van der Waals surface area contributed by atoms with Crippen molar-refractivity contribution in [3.8, 4) is 0 Å². The van der Waals surface area contributed by atoms with Crippen LogP contribution >= 0.6 is 11.8 Å². The molecule has 0 bridgehead atoms. The molecule has 1 N–H and O–H groups in total. The van der Waals surface area contributed by atoms with E-state index in [9.17, 15) is 14.4 Å². The number of aromatic nitrogens is 3. The summed E-state index contributed by atoms with van der Waals surface area (Å²) in [5.41, 5.74) is 4.65. The molecule has 28 heavy (non-hydrogen) atoms. The number of carbonyl (C=O) groups is 3. The van der Waals surface area contributed by atoms with Crippen LogP contribution < -0.4 is 0 Å². The van der Waals surface area contributed by atoms with Crippen LogP contribution in [0.5, 0.6) is 0 Å². The average Bonchev–Trinajstić information content (AvgIpc) is 2.93. The highest BCUT2D eigenvalue weighted by atomic mass is 32.2. The minimum absolute atomic E-state index is 0.109. The number of H-pyrrole nitrogens is 1. The Kier molecular flexibility index (Phi) is 7.12. The minimum Gasteiger partial charge on any atom is -0.457 e. The lowest BCUT2D eigenvalue weighted by atomic mass is 10.1. The van der Waals surface area contributed by atoms with E-state index in [0.29, 0.717) is 34.1 Å². The summed E-state index contributed by atoms with van der Waals surface area (Å²) in [6, 6.07) is 0. The molecule has 0 amide bonds.